The number of methoxy groups -OCH3 is 1. The van der Waals surface area contributed by atoms with Gasteiger partial charge in [0.15, 0.2) is 0 Å². The van der Waals surface area contributed by atoms with Gasteiger partial charge in [0, 0.05) is 11.1 Å². The van der Waals surface area contributed by atoms with Gasteiger partial charge in [0.1, 0.15) is 22.4 Å². The number of hydrogen-bond acceptors (Lipinski definition) is 6. The van der Waals surface area contributed by atoms with Crippen molar-refractivity contribution in [3.05, 3.63) is 57.4 Å². The van der Waals surface area contributed by atoms with Crippen molar-refractivity contribution in [1.29, 1.82) is 5.26 Å². The highest BCUT2D eigenvalue weighted by Crippen LogP contribution is 2.29. The quantitative estimate of drug-likeness (QED) is 0.477. The molecule has 0 saturated carbocycles. The number of nitrogens with one attached hydrogen (secondary N) is 1. The average molecular weight is 402 g/mol. The van der Waals surface area contributed by atoms with Crippen LogP contribution in [-0.4, -0.2) is 18.0 Å². The number of anilines is 1. The van der Waals surface area contributed by atoms with Gasteiger partial charge in [0.25, 0.3) is 5.91 Å². The van der Waals surface area contributed by atoms with Crippen molar-refractivity contribution in [3.8, 4) is 21.7 Å². The van der Waals surface area contributed by atoms with Gasteiger partial charge in [-0.3, -0.25) is 4.79 Å². The van der Waals surface area contributed by atoms with Crippen LogP contribution in [-0.2, 0) is 4.79 Å². The summed E-state index contributed by atoms with van der Waals surface area (Å²) in [7, 11) is 1.51. The van der Waals surface area contributed by atoms with Gasteiger partial charge in [-0.2, -0.15) is 5.26 Å². The number of aromatic nitrogens is 1. The predicted molar refractivity (Wildman–Crippen MR) is 106 cm³/mol. The Labute approximate surface area is 163 Å². The number of halogens is 1. The van der Waals surface area contributed by atoms with Gasteiger partial charge >= 0.3 is 0 Å². The molecule has 0 spiro atoms. The van der Waals surface area contributed by atoms with Crippen LogP contribution >= 0.6 is 34.3 Å². The SMILES string of the molecule is COc1ccc(NC(=O)C(C#N)=Cc2csc(-c3cccs3)n2)cc1Cl. The van der Waals surface area contributed by atoms with E-state index >= 15 is 0 Å². The second-order valence-corrected chi connectivity index (χ2v) is 7.24. The molecule has 0 aliphatic heterocycles. The summed E-state index contributed by atoms with van der Waals surface area (Å²) in [5.74, 6) is -0.0244. The van der Waals surface area contributed by atoms with Crippen molar-refractivity contribution in [2.24, 2.45) is 0 Å². The molecule has 1 amide bonds. The third-order valence-electron chi connectivity index (χ3n) is 3.32. The van der Waals surface area contributed by atoms with Crippen LogP contribution in [0.25, 0.3) is 16.0 Å². The Balaban J connectivity index is 1.78. The number of hydrogen-bond donors (Lipinski definition) is 1. The van der Waals surface area contributed by atoms with E-state index in [9.17, 15) is 10.1 Å². The van der Waals surface area contributed by atoms with E-state index in [-0.39, 0.29) is 5.57 Å². The number of benzene rings is 1. The van der Waals surface area contributed by atoms with Crippen molar-refractivity contribution < 1.29 is 9.53 Å². The Morgan fingerprint density at radius 3 is 2.88 bits per heavy atom. The first kappa shape index (κ1) is 18.1. The van der Waals surface area contributed by atoms with Crippen molar-refractivity contribution in [3.63, 3.8) is 0 Å². The largest absolute Gasteiger partial charge is 0.495 e. The molecule has 0 fully saturated rings. The molecule has 0 aliphatic rings. The topological polar surface area (TPSA) is 75.0 Å². The summed E-state index contributed by atoms with van der Waals surface area (Å²) in [6.45, 7) is 0. The van der Waals surface area contributed by atoms with E-state index in [0.29, 0.717) is 22.2 Å². The van der Waals surface area contributed by atoms with E-state index in [0.717, 1.165) is 9.88 Å². The summed E-state index contributed by atoms with van der Waals surface area (Å²) in [5.41, 5.74) is 0.998. The highest BCUT2D eigenvalue weighted by Gasteiger charge is 2.12. The van der Waals surface area contributed by atoms with E-state index in [4.69, 9.17) is 16.3 Å². The first-order valence-electron chi connectivity index (χ1n) is 7.37. The van der Waals surface area contributed by atoms with Crippen LogP contribution in [0, 0.1) is 11.3 Å². The minimum Gasteiger partial charge on any atom is -0.495 e. The van der Waals surface area contributed by atoms with Crippen LogP contribution in [0.4, 0.5) is 5.69 Å². The lowest BCUT2D eigenvalue weighted by Gasteiger charge is -2.07. The molecule has 0 radical (unpaired) electrons. The Morgan fingerprint density at radius 1 is 1.38 bits per heavy atom. The number of nitriles is 1. The van der Waals surface area contributed by atoms with Crippen molar-refractivity contribution in [2.45, 2.75) is 0 Å². The number of ether oxygens (including phenoxy) is 1. The van der Waals surface area contributed by atoms with Crippen LogP contribution in [0.2, 0.25) is 5.02 Å². The predicted octanol–water partition coefficient (Wildman–Crippen LogP) is 5.08. The summed E-state index contributed by atoms with van der Waals surface area (Å²) in [6, 6.07) is 10.7. The van der Waals surface area contributed by atoms with Gasteiger partial charge in [0.2, 0.25) is 0 Å². The molecule has 8 heteroatoms. The third kappa shape index (κ3) is 4.11. The molecule has 0 bridgehead atoms. The summed E-state index contributed by atoms with van der Waals surface area (Å²) < 4.78 is 5.07. The summed E-state index contributed by atoms with van der Waals surface area (Å²) in [4.78, 5) is 17.8. The maximum atomic E-state index is 12.4. The molecule has 3 aromatic rings. The Bertz CT molecular complexity index is 1000. The molecule has 0 aliphatic carbocycles. The van der Waals surface area contributed by atoms with E-state index < -0.39 is 5.91 Å². The van der Waals surface area contributed by atoms with Crippen LogP contribution in [0.1, 0.15) is 5.69 Å². The zero-order valence-electron chi connectivity index (χ0n) is 13.5. The number of amides is 1. The number of thiazole rings is 1. The number of carbonyl (C=O) groups is 1. The van der Waals surface area contributed by atoms with Gasteiger partial charge in [0.05, 0.1) is 22.7 Å². The molecule has 130 valence electrons. The maximum Gasteiger partial charge on any atom is 0.266 e. The van der Waals surface area contributed by atoms with E-state index in [2.05, 4.69) is 10.3 Å². The Hall–Kier alpha value is -2.66. The minimum absolute atomic E-state index is 0.0417. The summed E-state index contributed by atoms with van der Waals surface area (Å²) in [5, 5.41) is 17.0. The number of carbonyl (C=O) groups excluding carboxylic acids is 1. The van der Waals surface area contributed by atoms with Crippen LogP contribution < -0.4 is 10.1 Å². The molecule has 1 N–H and O–H groups in total. The second kappa shape index (κ2) is 8.15. The Morgan fingerprint density at radius 2 is 2.23 bits per heavy atom. The molecule has 0 saturated heterocycles. The fraction of sp³-hybridized carbons (Fsp3) is 0.0556. The van der Waals surface area contributed by atoms with Crippen LogP contribution in [0.3, 0.4) is 0 Å². The maximum absolute atomic E-state index is 12.4. The van der Waals surface area contributed by atoms with Crippen molar-refractivity contribution >= 4 is 51.9 Å². The molecule has 2 heterocycles. The molecule has 1 aromatic carbocycles. The fourth-order valence-corrected chi connectivity index (χ4v) is 3.95. The highest BCUT2D eigenvalue weighted by atomic mass is 35.5. The average Bonchev–Trinajstić information content (AvgIpc) is 3.31. The summed E-state index contributed by atoms with van der Waals surface area (Å²) >= 11 is 9.09. The first-order chi connectivity index (χ1) is 12.6. The van der Waals surface area contributed by atoms with Gasteiger partial charge in [-0.15, -0.1) is 22.7 Å². The lowest BCUT2D eigenvalue weighted by molar-refractivity contribution is -0.112. The molecular weight excluding hydrogens is 390 g/mol. The van der Waals surface area contributed by atoms with E-state index in [1.807, 2.05) is 29.0 Å². The molecule has 3 rings (SSSR count). The van der Waals surface area contributed by atoms with Crippen LogP contribution in [0.5, 0.6) is 5.75 Å². The van der Waals surface area contributed by atoms with Gasteiger partial charge in [-0.05, 0) is 35.7 Å². The van der Waals surface area contributed by atoms with Gasteiger partial charge < -0.3 is 10.1 Å². The molecule has 5 nitrogen and oxygen atoms in total. The van der Waals surface area contributed by atoms with Crippen molar-refractivity contribution in [2.75, 3.05) is 12.4 Å². The zero-order valence-corrected chi connectivity index (χ0v) is 15.9. The monoisotopic (exact) mass is 401 g/mol. The Kier molecular flexibility index (Phi) is 5.68. The normalized spacial score (nSPS) is 11.0. The van der Waals surface area contributed by atoms with E-state index in [1.165, 1.54) is 24.5 Å². The second-order valence-electron chi connectivity index (χ2n) is 5.03. The summed E-state index contributed by atoms with van der Waals surface area (Å²) in [6.07, 6.45) is 1.47. The molecule has 0 atom stereocenters. The minimum atomic E-state index is -0.528. The molecular formula is C18H12ClN3O2S2. The fourth-order valence-electron chi connectivity index (χ4n) is 2.10. The van der Waals surface area contributed by atoms with Gasteiger partial charge in [-0.25, -0.2) is 4.98 Å². The number of thiophene rings is 1. The van der Waals surface area contributed by atoms with Crippen LogP contribution in [0.15, 0.2) is 46.7 Å². The molecule has 26 heavy (non-hydrogen) atoms. The first-order valence-corrected chi connectivity index (χ1v) is 9.50. The van der Waals surface area contributed by atoms with Gasteiger partial charge in [-0.1, -0.05) is 17.7 Å². The number of nitrogens with zero attached hydrogens (tertiary/aromatic N) is 2. The highest BCUT2D eigenvalue weighted by molar-refractivity contribution is 7.20. The third-order valence-corrected chi connectivity index (χ3v) is 5.52. The smallest absolute Gasteiger partial charge is 0.266 e. The molecule has 2 aromatic heterocycles. The lowest BCUT2D eigenvalue weighted by Crippen LogP contribution is -2.13. The standard InChI is InChI=1S/C18H12ClN3O2S2/c1-24-15-5-4-12(8-14(15)19)21-17(23)11(9-20)7-13-10-26-18(22-13)16-3-2-6-25-16/h2-8,10H,1H3,(H,21,23). The number of rotatable bonds is 5. The van der Waals surface area contributed by atoms with Crippen molar-refractivity contribution in [1.82, 2.24) is 4.98 Å². The zero-order chi connectivity index (χ0) is 18.5. The van der Waals surface area contributed by atoms with E-state index in [1.54, 1.807) is 29.5 Å². The molecule has 0 unspecified atom stereocenters. The lowest BCUT2D eigenvalue weighted by atomic mass is 10.2.